The number of aliphatic imine (C=N–C) groups is 1. The first-order valence-corrected chi connectivity index (χ1v) is 6.08. The van der Waals surface area contributed by atoms with Gasteiger partial charge in [-0.2, -0.15) is 10.3 Å². The summed E-state index contributed by atoms with van der Waals surface area (Å²) >= 11 is 0. The number of amidine groups is 1. The Bertz CT molecular complexity index is 411. The summed E-state index contributed by atoms with van der Waals surface area (Å²) < 4.78 is 0. The average molecular weight is 267 g/mol. The molecule has 0 aromatic heterocycles. The number of likely N-dealkylation sites (tertiary alicyclic amines) is 1. The maximum Gasteiger partial charge on any atom is 0.252 e. The van der Waals surface area contributed by atoms with E-state index in [4.69, 9.17) is 21.8 Å². The summed E-state index contributed by atoms with van der Waals surface area (Å²) in [7, 11) is 1.77. The zero-order chi connectivity index (χ0) is 15.0. The van der Waals surface area contributed by atoms with Crippen LogP contribution in [0, 0.1) is 17.2 Å². The van der Waals surface area contributed by atoms with Crippen molar-refractivity contribution in [3.8, 4) is 6.07 Å². The molecule has 1 aliphatic rings. The molecule has 1 heterocycles. The van der Waals surface area contributed by atoms with Crippen LogP contribution in [0.25, 0.3) is 0 Å². The van der Waals surface area contributed by atoms with Gasteiger partial charge >= 0.3 is 0 Å². The van der Waals surface area contributed by atoms with E-state index in [0.717, 1.165) is 6.20 Å². The van der Waals surface area contributed by atoms with Gasteiger partial charge in [0.1, 0.15) is 0 Å². The Labute approximate surface area is 113 Å². The number of aliphatic hydroxyl groups excluding tert-OH is 1. The molecule has 1 saturated heterocycles. The maximum absolute atomic E-state index is 11.7. The van der Waals surface area contributed by atoms with Gasteiger partial charge in [-0.25, -0.2) is 0 Å². The van der Waals surface area contributed by atoms with Crippen LogP contribution in [0.5, 0.6) is 0 Å². The first kappa shape index (κ1) is 16.9. The standard InChI is InChI=1S/C10H15N5O2.C2H6/c1-15-5-6(2-7(15)3-11)10(17)14-9(13)8(16)4-12;1-2/h4,6-7,16H,2,5,12H2,1H3,(H2,13,14,17);1-2H3/b8-4+;. The minimum atomic E-state index is -0.444. The third-order valence-corrected chi connectivity index (χ3v) is 2.70. The van der Waals surface area contributed by atoms with Gasteiger partial charge < -0.3 is 16.6 Å². The predicted molar refractivity (Wildman–Crippen MR) is 73.0 cm³/mol. The van der Waals surface area contributed by atoms with Crippen molar-refractivity contribution < 1.29 is 9.90 Å². The number of hydrogen-bond acceptors (Lipinski definition) is 5. The van der Waals surface area contributed by atoms with E-state index >= 15 is 0 Å². The third kappa shape index (κ3) is 4.60. The van der Waals surface area contributed by atoms with Crippen LogP contribution in [0.2, 0.25) is 0 Å². The van der Waals surface area contributed by atoms with Crippen molar-refractivity contribution in [2.24, 2.45) is 22.4 Å². The molecule has 5 N–H and O–H groups in total. The van der Waals surface area contributed by atoms with Gasteiger partial charge in [0.2, 0.25) is 0 Å². The highest BCUT2D eigenvalue weighted by molar-refractivity contribution is 6.02. The lowest BCUT2D eigenvalue weighted by atomic mass is 10.1. The molecule has 0 radical (unpaired) electrons. The fourth-order valence-electron chi connectivity index (χ4n) is 1.68. The molecule has 0 aliphatic carbocycles. The van der Waals surface area contributed by atoms with Crippen molar-refractivity contribution in [2.45, 2.75) is 26.3 Å². The monoisotopic (exact) mass is 267 g/mol. The van der Waals surface area contributed by atoms with Gasteiger partial charge in [0.25, 0.3) is 5.91 Å². The average Bonchev–Trinajstić information content (AvgIpc) is 2.81. The van der Waals surface area contributed by atoms with E-state index in [1.807, 2.05) is 13.8 Å². The number of nitriles is 1. The minimum Gasteiger partial charge on any atom is -0.503 e. The second-order valence-corrected chi connectivity index (χ2v) is 3.90. The summed E-state index contributed by atoms with van der Waals surface area (Å²) in [4.78, 5) is 17.0. The third-order valence-electron chi connectivity index (χ3n) is 2.70. The van der Waals surface area contributed by atoms with E-state index < -0.39 is 11.7 Å². The molecule has 0 aromatic rings. The molecule has 2 atom stereocenters. The number of nitrogens with zero attached hydrogens (tertiary/aromatic N) is 3. The SMILES string of the molecule is CC.CN1CC(C(=O)N=C(N)/C(O)=C\N)CC1C#N. The molecule has 1 amide bonds. The topological polar surface area (TPSA) is 129 Å². The summed E-state index contributed by atoms with van der Waals surface area (Å²) in [6.07, 6.45) is 1.29. The fraction of sp³-hybridized carbons (Fsp3) is 0.583. The highest BCUT2D eigenvalue weighted by Crippen LogP contribution is 2.22. The molecule has 7 heteroatoms. The summed E-state index contributed by atoms with van der Waals surface area (Å²) in [5, 5.41) is 17.9. The zero-order valence-corrected chi connectivity index (χ0v) is 11.5. The van der Waals surface area contributed by atoms with Gasteiger partial charge in [0.05, 0.1) is 18.0 Å². The fourth-order valence-corrected chi connectivity index (χ4v) is 1.68. The molecular weight excluding hydrogens is 246 g/mol. The van der Waals surface area contributed by atoms with Crippen LogP contribution in [0.15, 0.2) is 17.0 Å². The highest BCUT2D eigenvalue weighted by atomic mass is 16.3. The summed E-state index contributed by atoms with van der Waals surface area (Å²) in [5.74, 6) is -1.55. The van der Waals surface area contributed by atoms with Gasteiger partial charge in [0, 0.05) is 12.7 Å². The number of aliphatic hydroxyl groups is 1. The summed E-state index contributed by atoms with van der Waals surface area (Å²) in [6, 6.07) is 1.82. The van der Waals surface area contributed by atoms with Crippen molar-refractivity contribution in [2.75, 3.05) is 13.6 Å². The minimum absolute atomic E-state index is 0.279. The van der Waals surface area contributed by atoms with Crippen LogP contribution in [-0.4, -0.2) is 41.4 Å². The summed E-state index contributed by atoms with van der Waals surface area (Å²) in [6.45, 7) is 4.46. The molecule has 0 bridgehead atoms. The molecule has 1 aliphatic heterocycles. The Hall–Kier alpha value is -2.07. The molecule has 106 valence electrons. The molecule has 0 spiro atoms. The lowest BCUT2D eigenvalue weighted by molar-refractivity contribution is -0.121. The predicted octanol–water partition coefficient (Wildman–Crippen LogP) is 0.0984. The normalized spacial score (nSPS) is 24.3. The molecule has 1 fully saturated rings. The number of amides is 1. The van der Waals surface area contributed by atoms with E-state index in [2.05, 4.69) is 11.1 Å². The highest BCUT2D eigenvalue weighted by Gasteiger charge is 2.33. The van der Waals surface area contributed by atoms with E-state index in [1.165, 1.54) is 0 Å². The van der Waals surface area contributed by atoms with E-state index in [9.17, 15) is 4.79 Å². The molecule has 0 saturated carbocycles. The number of carbonyl (C=O) groups is 1. The molecule has 7 nitrogen and oxygen atoms in total. The van der Waals surface area contributed by atoms with Crippen LogP contribution in [0.3, 0.4) is 0 Å². The second-order valence-electron chi connectivity index (χ2n) is 3.90. The largest absolute Gasteiger partial charge is 0.503 e. The van der Waals surface area contributed by atoms with E-state index in [0.29, 0.717) is 13.0 Å². The molecule has 19 heavy (non-hydrogen) atoms. The Kier molecular flexibility index (Phi) is 7.22. The first-order chi connectivity index (χ1) is 8.99. The lowest BCUT2D eigenvalue weighted by Crippen LogP contribution is -2.24. The van der Waals surface area contributed by atoms with Gasteiger partial charge in [0.15, 0.2) is 11.6 Å². The zero-order valence-electron chi connectivity index (χ0n) is 11.5. The number of rotatable bonds is 2. The number of hydrogen-bond donors (Lipinski definition) is 3. The first-order valence-electron chi connectivity index (χ1n) is 6.08. The van der Waals surface area contributed by atoms with Gasteiger partial charge in [-0.3, -0.25) is 9.69 Å². The Morgan fingerprint density at radius 1 is 1.58 bits per heavy atom. The van der Waals surface area contributed by atoms with Crippen molar-refractivity contribution in [3.05, 3.63) is 12.0 Å². The number of carbonyl (C=O) groups excluding carboxylic acids is 1. The van der Waals surface area contributed by atoms with E-state index in [-0.39, 0.29) is 17.8 Å². The lowest BCUT2D eigenvalue weighted by Gasteiger charge is -2.09. The summed E-state index contributed by atoms with van der Waals surface area (Å²) in [5.41, 5.74) is 10.4. The van der Waals surface area contributed by atoms with Crippen LogP contribution >= 0.6 is 0 Å². The van der Waals surface area contributed by atoms with Crippen molar-refractivity contribution in [1.29, 1.82) is 5.26 Å². The maximum atomic E-state index is 11.7. The smallest absolute Gasteiger partial charge is 0.252 e. The Balaban J connectivity index is 0.00000154. The van der Waals surface area contributed by atoms with Gasteiger partial charge in [-0.15, -0.1) is 0 Å². The van der Waals surface area contributed by atoms with Crippen LogP contribution in [0.1, 0.15) is 20.3 Å². The second kappa shape index (κ2) is 8.11. The quantitative estimate of drug-likeness (QED) is 0.369. The molecule has 0 aromatic carbocycles. The van der Waals surface area contributed by atoms with Crippen LogP contribution in [0.4, 0.5) is 0 Å². The molecule has 2 unspecified atom stereocenters. The molecular formula is C12H21N5O2. The Morgan fingerprint density at radius 2 is 2.16 bits per heavy atom. The molecule has 1 rings (SSSR count). The number of nitrogens with two attached hydrogens (primary N) is 2. The van der Waals surface area contributed by atoms with Crippen molar-refractivity contribution >= 4 is 11.7 Å². The van der Waals surface area contributed by atoms with Gasteiger partial charge in [-0.1, -0.05) is 13.8 Å². The van der Waals surface area contributed by atoms with Crippen LogP contribution in [-0.2, 0) is 4.79 Å². The van der Waals surface area contributed by atoms with E-state index in [1.54, 1.807) is 11.9 Å². The van der Waals surface area contributed by atoms with Crippen molar-refractivity contribution in [3.63, 3.8) is 0 Å². The Morgan fingerprint density at radius 3 is 2.58 bits per heavy atom. The van der Waals surface area contributed by atoms with Gasteiger partial charge in [-0.05, 0) is 13.5 Å². The van der Waals surface area contributed by atoms with Crippen molar-refractivity contribution in [1.82, 2.24) is 4.90 Å². The van der Waals surface area contributed by atoms with Crippen LogP contribution < -0.4 is 11.5 Å².